The van der Waals surface area contributed by atoms with Gasteiger partial charge in [0.2, 0.25) is 11.8 Å². The number of aryl methyl sites for hydroxylation is 2. The van der Waals surface area contributed by atoms with Gasteiger partial charge in [-0.15, -0.1) is 0 Å². The molecule has 20 heavy (non-hydrogen) atoms. The van der Waals surface area contributed by atoms with E-state index in [2.05, 4.69) is 37.6 Å². The average molecular weight is 278 g/mol. The van der Waals surface area contributed by atoms with Crippen molar-refractivity contribution in [3.05, 3.63) is 23.9 Å². The highest BCUT2D eigenvalue weighted by atomic mass is 16.5. The Bertz CT molecular complexity index is 522. The van der Waals surface area contributed by atoms with Gasteiger partial charge in [-0.2, -0.15) is 10.1 Å². The number of nitrogens with zero attached hydrogens (tertiary/aromatic N) is 4. The molecule has 0 unspecified atom stereocenters. The summed E-state index contributed by atoms with van der Waals surface area (Å²) in [4.78, 5) is 19.8. The molecule has 8 nitrogen and oxygen atoms in total. The third kappa shape index (κ3) is 4.45. The Kier molecular flexibility index (Phi) is 5.22. The molecule has 2 aromatic rings. The Balaban J connectivity index is 1.64. The van der Waals surface area contributed by atoms with Crippen LogP contribution in [0.1, 0.15) is 37.3 Å². The summed E-state index contributed by atoms with van der Waals surface area (Å²) in [5.74, 6) is 1.93. The molecule has 2 heterocycles. The summed E-state index contributed by atoms with van der Waals surface area (Å²) in [7, 11) is 0. The van der Waals surface area contributed by atoms with Crippen LogP contribution in [0.3, 0.4) is 0 Å². The summed E-state index contributed by atoms with van der Waals surface area (Å²) in [6.07, 6.45) is 4.65. The van der Waals surface area contributed by atoms with E-state index >= 15 is 0 Å². The molecule has 0 radical (unpaired) electrons. The molecule has 0 aliphatic heterocycles. The van der Waals surface area contributed by atoms with Crippen molar-refractivity contribution >= 4 is 5.91 Å². The van der Waals surface area contributed by atoms with Crippen molar-refractivity contribution in [2.45, 2.75) is 39.0 Å². The second-order valence-corrected chi connectivity index (χ2v) is 4.39. The SMILES string of the molecule is CCCc1noc(CCC(=O)NCCc2ncn[nH]2)n1. The fourth-order valence-electron chi connectivity index (χ4n) is 1.70. The fraction of sp³-hybridized carbons (Fsp3) is 0.583. The van der Waals surface area contributed by atoms with Crippen molar-refractivity contribution in [3.63, 3.8) is 0 Å². The zero-order chi connectivity index (χ0) is 14.2. The summed E-state index contributed by atoms with van der Waals surface area (Å²) >= 11 is 0. The van der Waals surface area contributed by atoms with Crippen LogP contribution in [0.15, 0.2) is 10.9 Å². The molecule has 2 N–H and O–H groups in total. The molecule has 0 saturated heterocycles. The molecule has 0 aliphatic rings. The number of aromatic nitrogens is 5. The number of aromatic amines is 1. The van der Waals surface area contributed by atoms with E-state index in [1.165, 1.54) is 6.33 Å². The highest BCUT2D eigenvalue weighted by Gasteiger charge is 2.08. The Labute approximate surface area is 116 Å². The molecule has 1 amide bonds. The van der Waals surface area contributed by atoms with Crippen LogP contribution < -0.4 is 5.32 Å². The average Bonchev–Trinajstić information content (AvgIpc) is 3.08. The summed E-state index contributed by atoms with van der Waals surface area (Å²) in [5, 5.41) is 13.1. The highest BCUT2D eigenvalue weighted by molar-refractivity contribution is 5.75. The lowest BCUT2D eigenvalue weighted by molar-refractivity contribution is -0.121. The number of carbonyl (C=O) groups excluding carboxylic acids is 1. The van der Waals surface area contributed by atoms with Crippen LogP contribution >= 0.6 is 0 Å². The van der Waals surface area contributed by atoms with E-state index in [0.717, 1.165) is 18.7 Å². The monoisotopic (exact) mass is 278 g/mol. The topological polar surface area (TPSA) is 110 Å². The maximum absolute atomic E-state index is 11.6. The fourth-order valence-corrected chi connectivity index (χ4v) is 1.70. The Morgan fingerprint density at radius 2 is 2.30 bits per heavy atom. The molecule has 0 spiro atoms. The second-order valence-electron chi connectivity index (χ2n) is 4.39. The summed E-state index contributed by atoms with van der Waals surface area (Å²) in [6.45, 7) is 2.58. The second kappa shape index (κ2) is 7.37. The molecular formula is C12H18N6O2. The number of H-pyrrole nitrogens is 1. The summed E-state index contributed by atoms with van der Waals surface area (Å²) in [6, 6.07) is 0. The minimum atomic E-state index is -0.0419. The minimum absolute atomic E-state index is 0.0419. The number of rotatable bonds is 8. The van der Waals surface area contributed by atoms with Gasteiger partial charge in [0.25, 0.3) is 0 Å². The van der Waals surface area contributed by atoms with Gasteiger partial charge >= 0.3 is 0 Å². The van der Waals surface area contributed by atoms with Gasteiger partial charge in [-0.3, -0.25) is 9.89 Å². The number of amides is 1. The number of carbonyl (C=O) groups is 1. The van der Waals surface area contributed by atoms with E-state index in [9.17, 15) is 4.79 Å². The van der Waals surface area contributed by atoms with E-state index in [4.69, 9.17) is 4.52 Å². The van der Waals surface area contributed by atoms with E-state index in [1.54, 1.807) is 0 Å². The number of hydrogen-bond donors (Lipinski definition) is 2. The van der Waals surface area contributed by atoms with Crippen molar-refractivity contribution in [1.29, 1.82) is 0 Å². The zero-order valence-electron chi connectivity index (χ0n) is 11.4. The molecule has 0 atom stereocenters. The molecule has 2 aromatic heterocycles. The van der Waals surface area contributed by atoms with Gasteiger partial charge < -0.3 is 9.84 Å². The lowest BCUT2D eigenvalue weighted by Crippen LogP contribution is -2.26. The van der Waals surface area contributed by atoms with E-state index in [-0.39, 0.29) is 5.91 Å². The quantitative estimate of drug-likeness (QED) is 0.724. The molecule has 0 fully saturated rings. The molecule has 0 aromatic carbocycles. The van der Waals surface area contributed by atoms with Gasteiger partial charge in [-0.25, -0.2) is 4.98 Å². The minimum Gasteiger partial charge on any atom is -0.356 e. The smallest absolute Gasteiger partial charge is 0.227 e. The number of nitrogens with one attached hydrogen (secondary N) is 2. The molecular weight excluding hydrogens is 260 g/mol. The van der Waals surface area contributed by atoms with Crippen LogP contribution in [0, 0.1) is 0 Å². The predicted octanol–water partition coefficient (Wildman–Crippen LogP) is 0.432. The lowest BCUT2D eigenvalue weighted by Gasteiger charge is -2.01. The summed E-state index contributed by atoms with van der Waals surface area (Å²) < 4.78 is 5.07. The third-order valence-corrected chi connectivity index (χ3v) is 2.70. The molecule has 2 rings (SSSR count). The maximum Gasteiger partial charge on any atom is 0.227 e. The van der Waals surface area contributed by atoms with Crippen LogP contribution in [-0.2, 0) is 24.1 Å². The Morgan fingerprint density at radius 1 is 1.40 bits per heavy atom. The van der Waals surface area contributed by atoms with Gasteiger partial charge in [-0.1, -0.05) is 12.1 Å². The lowest BCUT2D eigenvalue weighted by atomic mass is 10.3. The standard InChI is InChI=1S/C12H18N6O2/c1-2-3-10-16-12(20-18-10)5-4-11(19)13-7-6-9-14-8-15-17-9/h8H,2-7H2,1H3,(H,13,19)(H,14,15,17). The molecule has 0 bridgehead atoms. The van der Waals surface area contributed by atoms with Gasteiger partial charge in [-0.05, 0) is 6.42 Å². The van der Waals surface area contributed by atoms with Gasteiger partial charge in [0.15, 0.2) is 5.82 Å². The number of hydrogen-bond acceptors (Lipinski definition) is 6. The van der Waals surface area contributed by atoms with E-state index in [0.29, 0.717) is 37.5 Å². The first-order chi connectivity index (χ1) is 9.78. The third-order valence-electron chi connectivity index (χ3n) is 2.70. The van der Waals surface area contributed by atoms with Crippen molar-refractivity contribution in [2.75, 3.05) is 6.54 Å². The van der Waals surface area contributed by atoms with E-state index in [1.807, 2.05) is 0 Å². The Morgan fingerprint density at radius 3 is 3.05 bits per heavy atom. The first-order valence-electron chi connectivity index (χ1n) is 6.70. The molecule has 108 valence electrons. The molecule has 0 aliphatic carbocycles. The first kappa shape index (κ1) is 14.2. The highest BCUT2D eigenvalue weighted by Crippen LogP contribution is 2.03. The van der Waals surface area contributed by atoms with Gasteiger partial charge in [0.05, 0.1) is 0 Å². The van der Waals surface area contributed by atoms with Crippen LogP contribution in [-0.4, -0.2) is 37.8 Å². The van der Waals surface area contributed by atoms with Gasteiger partial charge in [0, 0.05) is 32.2 Å². The van der Waals surface area contributed by atoms with Crippen molar-refractivity contribution in [2.24, 2.45) is 0 Å². The van der Waals surface area contributed by atoms with Crippen LogP contribution in [0.4, 0.5) is 0 Å². The summed E-state index contributed by atoms with van der Waals surface area (Å²) in [5.41, 5.74) is 0. The van der Waals surface area contributed by atoms with Crippen LogP contribution in [0.25, 0.3) is 0 Å². The zero-order valence-corrected chi connectivity index (χ0v) is 11.4. The Hall–Kier alpha value is -2.25. The molecule has 8 heteroatoms. The normalized spacial score (nSPS) is 10.7. The van der Waals surface area contributed by atoms with E-state index < -0.39 is 0 Å². The van der Waals surface area contributed by atoms with Crippen molar-refractivity contribution in [1.82, 2.24) is 30.6 Å². The maximum atomic E-state index is 11.6. The molecule has 0 saturated carbocycles. The largest absolute Gasteiger partial charge is 0.356 e. The van der Waals surface area contributed by atoms with Crippen LogP contribution in [0.5, 0.6) is 0 Å². The first-order valence-corrected chi connectivity index (χ1v) is 6.70. The van der Waals surface area contributed by atoms with Crippen LogP contribution in [0.2, 0.25) is 0 Å². The van der Waals surface area contributed by atoms with Crippen molar-refractivity contribution in [3.8, 4) is 0 Å². The predicted molar refractivity (Wildman–Crippen MR) is 69.7 cm³/mol. The van der Waals surface area contributed by atoms with Crippen molar-refractivity contribution < 1.29 is 9.32 Å². The van der Waals surface area contributed by atoms with Gasteiger partial charge in [0.1, 0.15) is 12.2 Å².